The van der Waals surface area contributed by atoms with Gasteiger partial charge in [0.15, 0.2) is 0 Å². The van der Waals surface area contributed by atoms with Gasteiger partial charge in [0.2, 0.25) is 0 Å². The van der Waals surface area contributed by atoms with Crippen LogP contribution in [-0.2, 0) is 12.8 Å². The van der Waals surface area contributed by atoms with Gasteiger partial charge in [0, 0.05) is 11.1 Å². The monoisotopic (exact) mass is 284 g/mol. The van der Waals surface area contributed by atoms with Crippen LogP contribution >= 0.6 is 0 Å². The fraction of sp³-hybridized carbons (Fsp3) is 0.182. The quantitative estimate of drug-likeness (QED) is 0.555. The van der Waals surface area contributed by atoms with Crippen LogP contribution in [0.25, 0.3) is 10.8 Å². The van der Waals surface area contributed by atoms with Crippen LogP contribution in [0.3, 0.4) is 0 Å². The van der Waals surface area contributed by atoms with Crippen molar-refractivity contribution in [3.63, 3.8) is 0 Å². The number of hydrogen-bond acceptors (Lipinski definition) is 0. The molecule has 0 fully saturated rings. The van der Waals surface area contributed by atoms with Gasteiger partial charge in [-0.25, -0.2) is 0 Å². The van der Waals surface area contributed by atoms with E-state index in [1.807, 2.05) is 0 Å². The average Bonchev–Trinajstić information content (AvgIpc) is 2.60. The molecule has 0 aromatic heterocycles. The van der Waals surface area contributed by atoms with Crippen molar-refractivity contribution < 1.29 is 0 Å². The van der Waals surface area contributed by atoms with E-state index in [-0.39, 0.29) is 0 Å². The zero-order chi connectivity index (χ0) is 15.4. The molecule has 22 heavy (non-hydrogen) atoms. The molecular formula is C22H20. The van der Waals surface area contributed by atoms with Crippen LogP contribution in [-0.4, -0.2) is 0 Å². The first-order valence-electron chi connectivity index (χ1n) is 7.93. The Morgan fingerprint density at radius 1 is 0.682 bits per heavy atom. The third-order valence-electron chi connectivity index (χ3n) is 4.10. The summed E-state index contributed by atoms with van der Waals surface area (Å²) >= 11 is 0. The Bertz CT molecular complexity index is 843. The van der Waals surface area contributed by atoms with Gasteiger partial charge in [-0.3, -0.25) is 0 Å². The molecule has 0 spiro atoms. The smallest absolute Gasteiger partial charge is 0.0327 e. The Hall–Kier alpha value is -2.52. The molecule has 3 aromatic rings. The molecule has 108 valence electrons. The van der Waals surface area contributed by atoms with Crippen LogP contribution in [0.1, 0.15) is 36.1 Å². The van der Waals surface area contributed by atoms with E-state index in [0.717, 1.165) is 24.0 Å². The molecule has 0 nitrogen and oxygen atoms in total. The van der Waals surface area contributed by atoms with Crippen molar-refractivity contribution in [2.24, 2.45) is 0 Å². The molecule has 0 N–H and O–H groups in total. The predicted molar refractivity (Wildman–Crippen MR) is 95.1 cm³/mol. The highest BCUT2D eigenvalue weighted by Gasteiger charge is 2.02. The van der Waals surface area contributed by atoms with E-state index in [1.165, 1.54) is 21.9 Å². The normalized spacial score (nSPS) is 10.3. The molecule has 0 saturated heterocycles. The zero-order valence-electron chi connectivity index (χ0n) is 13.2. The molecule has 0 bridgehead atoms. The SMILES string of the molecule is CCc1ccc(C#Cc2ccc(CC)c3ccccc23)cc1. The summed E-state index contributed by atoms with van der Waals surface area (Å²) in [4.78, 5) is 0. The Morgan fingerprint density at radius 3 is 2.09 bits per heavy atom. The Labute approximate surface area is 132 Å². The maximum atomic E-state index is 3.34. The van der Waals surface area contributed by atoms with Gasteiger partial charge in [0.25, 0.3) is 0 Å². The van der Waals surface area contributed by atoms with Crippen LogP contribution in [0.4, 0.5) is 0 Å². The highest BCUT2D eigenvalue weighted by Crippen LogP contribution is 2.22. The molecule has 0 radical (unpaired) electrons. The summed E-state index contributed by atoms with van der Waals surface area (Å²) in [5, 5.41) is 2.57. The molecule has 0 unspecified atom stereocenters. The fourth-order valence-corrected chi connectivity index (χ4v) is 2.74. The highest BCUT2D eigenvalue weighted by atomic mass is 14.1. The van der Waals surface area contributed by atoms with Crippen molar-refractivity contribution in [3.8, 4) is 11.8 Å². The van der Waals surface area contributed by atoms with E-state index in [0.29, 0.717) is 0 Å². The summed E-state index contributed by atoms with van der Waals surface area (Å²) in [5.41, 5.74) is 4.91. The van der Waals surface area contributed by atoms with Crippen molar-refractivity contribution in [2.75, 3.05) is 0 Å². The Balaban J connectivity index is 2.03. The van der Waals surface area contributed by atoms with Gasteiger partial charge in [-0.05, 0) is 52.9 Å². The first kappa shape index (κ1) is 14.4. The lowest BCUT2D eigenvalue weighted by Gasteiger charge is -2.06. The van der Waals surface area contributed by atoms with Gasteiger partial charge in [-0.15, -0.1) is 0 Å². The molecular weight excluding hydrogens is 264 g/mol. The number of fused-ring (bicyclic) bond motifs is 1. The zero-order valence-corrected chi connectivity index (χ0v) is 13.2. The first-order chi connectivity index (χ1) is 10.8. The van der Waals surface area contributed by atoms with Crippen molar-refractivity contribution in [3.05, 3.63) is 82.9 Å². The minimum absolute atomic E-state index is 1.05. The number of rotatable bonds is 2. The minimum Gasteiger partial charge on any atom is -0.0616 e. The van der Waals surface area contributed by atoms with E-state index in [2.05, 4.69) is 86.4 Å². The molecule has 3 rings (SSSR count). The number of hydrogen-bond donors (Lipinski definition) is 0. The summed E-state index contributed by atoms with van der Waals surface area (Å²) < 4.78 is 0. The topological polar surface area (TPSA) is 0 Å². The van der Waals surface area contributed by atoms with Crippen LogP contribution in [0.5, 0.6) is 0 Å². The van der Waals surface area contributed by atoms with Gasteiger partial charge in [-0.2, -0.15) is 0 Å². The summed E-state index contributed by atoms with van der Waals surface area (Å²) in [6.07, 6.45) is 2.11. The van der Waals surface area contributed by atoms with Crippen LogP contribution in [0, 0.1) is 11.8 Å². The van der Waals surface area contributed by atoms with E-state index >= 15 is 0 Å². The molecule has 0 atom stereocenters. The number of aryl methyl sites for hydroxylation is 2. The molecule has 0 heterocycles. The standard InChI is InChI=1S/C22H20/c1-3-17-9-11-18(12-10-17)13-14-20-16-15-19(4-2)21-7-5-6-8-22(20)21/h5-12,15-16H,3-4H2,1-2H3. The summed E-state index contributed by atoms with van der Waals surface area (Å²) in [6.45, 7) is 4.37. The largest absolute Gasteiger partial charge is 0.0616 e. The molecule has 3 aromatic carbocycles. The predicted octanol–water partition coefficient (Wildman–Crippen LogP) is 5.36. The van der Waals surface area contributed by atoms with E-state index in [4.69, 9.17) is 0 Å². The van der Waals surface area contributed by atoms with E-state index in [1.54, 1.807) is 0 Å². The van der Waals surface area contributed by atoms with Crippen molar-refractivity contribution >= 4 is 10.8 Å². The summed E-state index contributed by atoms with van der Waals surface area (Å²) in [6, 6.07) is 21.4. The maximum absolute atomic E-state index is 3.34. The van der Waals surface area contributed by atoms with E-state index in [9.17, 15) is 0 Å². The summed E-state index contributed by atoms with van der Waals surface area (Å²) in [5.74, 6) is 6.63. The van der Waals surface area contributed by atoms with Crippen LogP contribution in [0.15, 0.2) is 60.7 Å². The maximum Gasteiger partial charge on any atom is 0.0327 e. The van der Waals surface area contributed by atoms with Gasteiger partial charge < -0.3 is 0 Å². The Kier molecular flexibility index (Phi) is 4.26. The lowest BCUT2D eigenvalue weighted by atomic mass is 9.98. The average molecular weight is 284 g/mol. The fourth-order valence-electron chi connectivity index (χ4n) is 2.74. The molecule has 0 amide bonds. The molecule has 0 aliphatic heterocycles. The first-order valence-corrected chi connectivity index (χ1v) is 7.93. The van der Waals surface area contributed by atoms with Crippen molar-refractivity contribution in [1.82, 2.24) is 0 Å². The molecule has 0 saturated carbocycles. The lowest BCUT2D eigenvalue weighted by Crippen LogP contribution is -1.87. The highest BCUT2D eigenvalue weighted by molar-refractivity contribution is 5.91. The molecule has 0 aliphatic carbocycles. The number of benzene rings is 3. The van der Waals surface area contributed by atoms with E-state index < -0.39 is 0 Å². The minimum atomic E-state index is 1.05. The lowest BCUT2D eigenvalue weighted by molar-refractivity contribution is 1.14. The van der Waals surface area contributed by atoms with Gasteiger partial charge in [0.05, 0.1) is 0 Å². The molecule has 0 heteroatoms. The second-order valence-electron chi connectivity index (χ2n) is 5.47. The van der Waals surface area contributed by atoms with Crippen LogP contribution < -0.4 is 0 Å². The molecule has 0 aliphatic rings. The van der Waals surface area contributed by atoms with Gasteiger partial charge in [-0.1, -0.05) is 68.2 Å². The second kappa shape index (κ2) is 6.50. The second-order valence-corrected chi connectivity index (χ2v) is 5.47. The van der Waals surface area contributed by atoms with Crippen molar-refractivity contribution in [2.45, 2.75) is 26.7 Å². The third-order valence-corrected chi connectivity index (χ3v) is 4.10. The van der Waals surface area contributed by atoms with Crippen molar-refractivity contribution in [1.29, 1.82) is 0 Å². The van der Waals surface area contributed by atoms with Crippen LogP contribution in [0.2, 0.25) is 0 Å². The van der Waals surface area contributed by atoms with Gasteiger partial charge >= 0.3 is 0 Å². The third kappa shape index (κ3) is 2.90. The summed E-state index contributed by atoms with van der Waals surface area (Å²) in [7, 11) is 0. The van der Waals surface area contributed by atoms with Gasteiger partial charge in [0.1, 0.15) is 0 Å². The Morgan fingerprint density at radius 2 is 1.41 bits per heavy atom.